The van der Waals surface area contributed by atoms with Crippen LogP contribution >= 0.6 is 0 Å². The number of hydrogen-bond donors (Lipinski definition) is 1. The van der Waals surface area contributed by atoms with Crippen molar-refractivity contribution in [2.45, 2.75) is 33.1 Å². The van der Waals surface area contributed by atoms with Gasteiger partial charge in [0.2, 0.25) is 0 Å². The molecule has 4 nitrogen and oxygen atoms in total. The first-order valence-corrected chi connectivity index (χ1v) is 7.28. The van der Waals surface area contributed by atoms with Crippen LogP contribution in [-0.4, -0.2) is 42.0 Å². The fraction of sp³-hybridized carbons (Fsp3) is 0.562. The summed E-state index contributed by atoms with van der Waals surface area (Å²) in [5, 5.41) is 9.99. The van der Waals surface area contributed by atoms with Crippen LogP contribution in [0.15, 0.2) is 12.1 Å². The van der Waals surface area contributed by atoms with Crippen molar-refractivity contribution in [3.05, 3.63) is 23.3 Å². The molecule has 1 aromatic carbocycles. The molecule has 0 spiro atoms. The maximum absolute atomic E-state index is 11.3. The number of piperidine rings is 1. The molecule has 0 unspecified atom stereocenters. The Kier molecular flexibility index (Phi) is 5.01. The second kappa shape index (κ2) is 6.75. The molecule has 0 atom stereocenters. The van der Waals surface area contributed by atoms with Crippen molar-refractivity contribution in [3.8, 4) is 11.5 Å². The number of benzene rings is 1. The van der Waals surface area contributed by atoms with Crippen molar-refractivity contribution in [1.82, 2.24) is 4.90 Å². The maximum atomic E-state index is 11.3. The summed E-state index contributed by atoms with van der Waals surface area (Å²) in [6.07, 6.45) is 3.87. The minimum absolute atomic E-state index is 0.0352. The summed E-state index contributed by atoms with van der Waals surface area (Å²) < 4.78 is 5.74. The standard InChI is InChI=1S/C16H23NO3/c1-12-15(7-6-14(13(2)18)16(12)19)20-11-10-17-8-4-3-5-9-17/h6-7,19H,3-5,8-11H2,1-2H3. The van der Waals surface area contributed by atoms with Gasteiger partial charge in [0.25, 0.3) is 0 Å². The van der Waals surface area contributed by atoms with Crippen LogP contribution in [-0.2, 0) is 0 Å². The van der Waals surface area contributed by atoms with Crippen LogP contribution in [0.2, 0.25) is 0 Å². The third kappa shape index (κ3) is 3.51. The van der Waals surface area contributed by atoms with Gasteiger partial charge in [-0.05, 0) is 51.9 Å². The summed E-state index contributed by atoms with van der Waals surface area (Å²) in [6.45, 7) is 7.05. The van der Waals surface area contributed by atoms with E-state index in [4.69, 9.17) is 4.74 Å². The van der Waals surface area contributed by atoms with E-state index < -0.39 is 0 Å². The van der Waals surface area contributed by atoms with E-state index in [1.165, 1.54) is 26.2 Å². The zero-order chi connectivity index (χ0) is 14.5. The number of carbonyl (C=O) groups is 1. The van der Waals surface area contributed by atoms with Crippen LogP contribution in [0, 0.1) is 6.92 Å². The second-order valence-electron chi connectivity index (χ2n) is 5.39. The number of nitrogens with zero attached hydrogens (tertiary/aromatic N) is 1. The number of phenols is 1. The Bertz CT molecular complexity index is 479. The number of likely N-dealkylation sites (tertiary alicyclic amines) is 1. The van der Waals surface area contributed by atoms with Crippen molar-refractivity contribution in [3.63, 3.8) is 0 Å². The Morgan fingerprint density at radius 2 is 2.00 bits per heavy atom. The highest BCUT2D eigenvalue weighted by molar-refractivity contribution is 5.97. The van der Waals surface area contributed by atoms with Gasteiger partial charge in [-0.1, -0.05) is 6.42 Å². The van der Waals surface area contributed by atoms with Gasteiger partial charge in [-0.25, -0.2) is 0 Å². The minimum atomic E-state index is -0.134. The van der Waals surface area contributed by atoms with E-state index in [1.807, 2.05) is 0 Å². The van der Waals surface area contributed by atoms with Gasteiger partial charge in [0.05, 0.1) is 5.56 Å². The summed E-state index contributed by atoms with van der Waals surface area (Å²) in [5.74, 6) is 0.558. The zero-order valence-corrected chi connectivity index (χ0v) is 12.3. The molecule has 1 fully saturated rings. The molecule has 2 rings (SSSR count). The van der Waals surface area contributed by atoms with E-state index in [-0.39, 0.29) is 11.5 Å². The summed E-state index contributed by atoms with van der Waals surface area (Å²) in [7, 11) is 0. The molecule has 0 saturated carbocycles. The molecule has 1 saturated heterocycles. The van der Waals surface area contributed by atoms with E-state index in [0.717, 1.165) is 19.6 Å². The van der Waals surface area contributed by atoms with Crippen LogP contribution in [0.4, 0.5) is 0 Å². The molecule has 1 aromatic rings. The van der Waals surface area contributed by atoms with Gasteiger partial charge in [0.15, 0.2) is 5.78 Å². The van der Waals surface area contributed by atoms with Gasteiger partial charge in [0, 0.05) is 12.1 Å². The first-order valence-electron chi connectivity index (χ1n) is 7.28. The van der Waals surface area contributed by atoms with Crippen molar-refractivity contribution in [1.29, 1.82) is 0 Å². The Balaban J connectivity index is 1.92. The van der Waals surface area contributed by atoms with Gasteiger partial charge in [-0.3, -0.25) is 9.69 Å². The quantitative estimate of drug-likeness (QED) is 0.841. The molecule has 20 heavy (non-hydrogen) atoms. The summed E-state index contributed by atoms with van der Waals surface area (Å²) in [4.78, 5) is 13.7. The van der Waals surface area contributed by atoms with E-state index in [0.29, 0.717) is 23.5 Å². The lowest BCUT2D eigenvalue weighted by Gasteiger charge is -2.26. The first kappa shape index (κ1) is 14.9. The molecule has 1 aliphatic rings. The lowest BCUT2D eigenvalue weighted by atomic mass is 10.1. The normalized spacial score (nSPS) is 16.1. The Hall–Kier alpha value is -1.55. The summed E-state index contributed by atoms with van der Waals surface area (Å²) in [5.41, 5.74) is 0.988. The number of carbonyl (C=O) groups excluding carboxylic acids is 1. The molecule has 1 aliphatic heterocycles. The van der Waals surface area contributed by atoms with Gasteiger partial charge in [0.1, 0.15) is 18.1 Å². The number of hydrogen-bond acceptors (Lipinski definition) is 4. The Morgan fingerprint density at radius 3 is 2.65 bits per heavy atom. The van der Waals surface area contributed by atoms with Crippen LogP contribution in [0.25, 0.3) is 0 Å². The second-order valence-corrected chi connectivity index (χ2v) is 5.39. The van der Waals surface area contributed by atoms with Crippen molar-refractivity contribution >= 4 is 5.78 Å². The highest BCUT2D eigenvalue weighted by Gasteiger charge is 2.14. The SMILES string of the molecule is CC(=O)c1ccc(OCCN2CCCCC2)c(C)c1O. The molecular weight excluding hydrogens is 254 g/mol. The average molecular weight is 277 g/mol. The van der Waals surface area contributed by atoms with Gasteiger partial charge in [-0.15, -0.1) is 0 Å². The van der Waals surface area contributed by atoms with Crippen LogP contribution in [0.3, 0.4) is 0 Å². The highest BCUT2D eigenvalue weighted by Crippen LogP contribution is 2.30. The van der Waals surface area contributed by atoms with E-state index in [9.17, 15) is 9.90 Å². The van der Waals surface area contributed by atoms with Crippen LogP contribution in [0.1, 0.15) is 42.1 Å². The van der Waals surface area contributed by atoms with Crippen LogP contribution < -0.4 is 4.74 Å². The molecule has 0 amide bonds. The topological polar surface area (TPSA) is 49.8 Å². The molecule has 1 heterocycles. The summed E-state index contributed by atoms with van der Waals surface area (Å²) in [6, 6.07) is 3.39. The van der Waals surface area contributed by atoms with E-state index >= 15 is 0 Å². The molecule has 110 valence electrons. The average Bonchev–Trinajstić information content (AvgIpc) is 2.44. The number of aromatic hydroxyl groups is 1. The third-order valence-electron chi connectivity index (χ3n) is 3.87. The monoisotopic (exact) mass is 277 g/mol. The van der Waals surface area contributed by atoms with Crippen LogP contribution in [0.5, 0.6) is 11.5 Å². The molecule has 0 aromatic heterocycles. The third-order valence-corrected chi connectivity index (χ3v) is 3.87. The van der Waals surface area contributed by atoms with Crippen molar-refractivity contribution in [2.75, 3.05) is 26.2 Å². The molecule has 4 heteroatoms. The lowest BCUT2D eigenvalue weighted by Crippen LogP contribution is -2.33. The van der Waals surface area contributed by atoms with Gasteiger partial charge >= 0.3 is 0 Å². The Morgan fingerprint density at radius 1 is 1.30 bits per heavy atom. The largest absolute Gasteiger partial charge is 0.507 e. The highest BCUT2D eigenvalue weighted by atomic mass is 16.5. The molecule has 0 bridgehead atoms. The smallest absolute Gasteiger partial charge is 0.163 e. The Labute approximate surface area is 120 Å². The number of Topliss-reactive ketones (excluding diaryl/α,β-unsaturated/α-hetero) is 1. The summed E-state index contributed by atoms with van der Waals surface area (Å²) >= 11 is 0. The predicted octanol–water partition coefficient (Wildman–Crippen LogP) is 2.77. The number of phenolic OH excluding ortho intramolecular Hbond substituents is 1. The zero-order valence-electron chi connectivity index (χ0n) is 12.3. The number of ketones is 1. The van der Waals surface area contributed by atoms with Crippen molar-refractivity contribution in [2.24, 2.45) is 0 Å². The number of rotatable bonds is 5. The first-order chi connectivity index (χ1) is 9.59. The molecule has 0 aliphatic carbocycles. The van der Waals surface area contributed by atoms with E-state index in [2.05, 4.69) is 4.90 Å². The van der Waals surface area contributed by atoms with Crippen molar-refractivity contribution < 1.29 is 14.6 Å². The molecule has 1 N–H and O–H groups in total. The fourth-order valence-electron chi connectivity index (χ4n) is 2.59. The lowest BCUT2D eigenvalue weighted by molar-refractivity contribution is 0.101. The minimum Gasteiger partial charge on any atom is -0.507 e. The number of ether oxygens (including phenoxy) is 1. The molecular formula is C16H23NO3. The maximum Gasteiger partial charge on any atom is 0.163 e. The van der Waals surface area contributed by atoms with E-state index in [1.54, 1.807) is 19.1 Å². The molecule has 0 radical (unpaired) electrons. The van der Waals surface area contributed by atoms with Gasteiger partial charge in [-0.2, -0.15) is 0 Å². The van der Waals surface area contributed by atoms with Gasteiger partial charge < -0.3 is 9.84 Å². The fourth-order valence-corrected chi connectivity index (χ4v) is 2.59. The predicted molar refractivity (Wildman–Crippen MR) is 78.6 cm³/mol.